The van der Waals surface area contributed by atoms with E-state index in [0.29, 0.717) is 31.4 Å². The van der Waals surface area contributed by atoms with Crippen LogP contribution in [0.3, 0.4) is 0 Å². The molecule has 1 saturated carbocycles. The van der Waals surface area contributed by atoms with Crippen molar-refractivity contribution in [2.75, 3.05) is 0 Å². The van der Waals surface area contributed by atoms with Crippen LogP contribution in [0.2, 0.25) is 0 Å². The summed E-state index contributed by atoms with van der Waals surface area (Å²) in [5.74, 6) is -0.0640. The Balaban J connectivity index is 2.05. The van der Waals surface area contributed by atoms with Crippen molar-refractivity contribution < 1.29 is 14.3 Å². The van der Waals surface area contributed by atoms with Crippen LogP contribution in [0.25, 0.3) is 0 Å². The molecule has 1 spiro atoms. The van der Waals surface area contributed by atoms with Gasteiger partial charge in [0.25, 0.3) is 0 Å². The van der Waals surface area contributed by atoms with Gasteiger partial charge in [-0.2, -0.15) is 4.74 Å². The number of Topliss-reactive ketones (excluding diaryl/α,β-unsaturated/α-hetero) is 2. The predicted molar refractivity (Wildman–Crippen MR) is 113 cm³/mol. The number of hydrogen-bond acceptors (Lipinski definition) is 3. The molecule has 4 nitrogen and oxygen atoms in total. The summed E-state index contributed by atoms with van der Waals surface area (Å²) >= 11 is 0. The zero-order valence-electron chi connectivity index (χ0n) is 16.9. The third-order valence-corrected chi connectivity index (χ3v) is 6.65. The first-order chi connectivity index (χ1) is 14.1. The number of ketones is 2. The molecule has 1 heterocycles. The van der Waals surface area contributed by atoms with Crippen LogP contribution in [0.15, 0.2) is 60.7 Å². The molecule has 1 aliphatic heterocycles. The Bertz CT molecular complexity index is 909. The van der Waals surface area contributed by atoms with Gasteiger partial charge in [-0.15, -0.1) is 0 Å². The Morgan fingerprint density at radius 1 is 0.966 bits per heavy atom. The molecule has 150 valence electrons. The van der Waals surface area contributed by atoms with Crippen LogP contribution in [0.5, 0.6) is 0 Å². The summed E-state index contributed by atoms with van der Waals surface area (Å²) < 4.78 is 0.960. The lowest BCUT2D eigenvalue weighted by atomic mass is 9.56. The van der Waals surface area contributed by atoms with Crippen molar-refractivity contribution in [2.45, 2.75) is 62.8 Å². The molecule has 1 aliphatic carbocycles. The van der Waals surface area contributed by atoms with Gasteiger partial charge in [0.1, 0.15) is 5.78 Å². The van der Waals surface area contributed by atoms with Crippen LogP contribution in [-0.4, -0.2) is 27.6 Å². The van der Waals surface area contributed by atoms with E-state index in [1.807, 2.05) is 60.7 Å². The second-order valence-electron chi connectivity index (χ2n) is 8.26. The van der Waals surface area contributed by atoms with Crippen molar-refractivity contribution in [3.63, 3.8) is 0 Å². The number of hydrogen-bond donors (Lipinski definition) is 0. The summed E-state index contributed by atoms with van der Waals surface area (Å²) in [5.41, 5.74) is -0.313. The van der Waals surface area contributed by atoms with Crippen molar-refractivity contribution in [1.82, 2.24) is 0 Å². The number of hydroxylamine groups is 1. The third-order valence-electron chi connectivity index (χ3n) is 6.65. The van der Waals surface area contributed by atoms with Crippen LogP contribution in [0, 0.1) is 5.21 Å². The van der Waals surface area contributed by atoms with Gasteiger partial charge in [-0.1, -0.05) is 74.0 Å². The summed E-state index contributed by atoms with van der Waals surface area (Å²) in [5, 5.41) is 13.8. The molecule has 0 N–H and O–H groups in total. The van der Waals surface area contributed by atoms with Crippen molar-refractivity contribution in [2.24, 2.45) is 0 Å². The number of carbonyl (C=O) groups is 2. The van der Waals surface area contributed by atoms with E-state index in [9.17, 15) is 14.8 Å². The lowest BCUT2D eigenvalue weighted by Crippen LogP contribution is -2.59. The summed E-state index contributed by atoms with van der Waals surface area (Å²) in [6.07, 6.45) is 3.90. The summed E-state index contributed by atoms with van der Waals surface area (Å²) in [6.45, 7) is 2.05. The average Bonchev–Trinajstić information content (AvgIpc) is 2.92. The minimum atomic E-state index is -1.16. The molecule has 0 amide bonds. The van der Waals surface area contributed by atoms with Gasteiger partial charge in [0.2, 0.25) is 17.0 Å². The summed E-state index contributed by atoms with van der Waals surface area (Å²) in [4.78, 5) is 26.8. The molecule has 0 unspecified atom stereocenters. The molecule has 2 aromatic carbocycles. The fourth-order valence-corrected chi connectivity index (χ4v) is 5.41. The summed E-state index contributed by atoms with van der Waals surface area (Å²) in [7, 11) is 0. The molecule has 4 rings (SSSR count). The highest BCUT2D eigenvalue weighted by molar-refractivity contribution is 6.43. The van der Waals surface area contributed by atoms with Crippen molar-refractivity contribution in [3.8, 4) is 0 Å². The van der Waals surface area contributed by atoms with Gasteiger partial charge in [-0.25, -0.2) is 0 Å². The molecule has 1 fully saturated rings. The molecule has 2 aromatic rings. The molecular weight excluding hydrogens is 362 g/mol. The molecule has 0 radical (unpaired) electrons. The van der Waals surface area contributed by atoms with Crippen LogP contribution < -0.4 is 0 Å². The molecule has 0 bridgehead atoms. The first-order valence-corrected chi connectivity index (χ1v) is 10.6. The maximum Gasteiger partial charge on any atom is 0.244 e. The number of unbranched alkanes of at least 4 members (excludes halogenated alkanes) is 1. The molecule has 1 atom stereocenters. The van der Waals surface area contributed by atoms with Crippen LogP contribution in [0.1, 0.15) is 63.0 Å². The highest BCUT2D eigenvalue weighted by atomic mass is 16.5. The normalized spacial score (nSPS) is 23.8. The van der Waals surface area contributed by atoms with Gasteiger partial charge >= 0.3 is 0 Å². The molecule has 4 heteroatoms. The Hall–Kier alpha value is -2.75. The largest absolute Gasteiger partial charge is 0.623 e. The maximum atomic E-state index is 14.1. The zero-order valence-corrected chi connectivity index (χ0v) is 16.9. The van der Waals surface area contributed by atoms with E-state index in [4.69, 9.17) is 0 Å². The standard InChI is InChI=1S/C25H27NO3/c1-2-3-16-22-23(28)25(19-11-6-4-7-12-19,20-13-8-5-9-14-20)24(26(22)29)17-10-15-21(27)18-24/h4-9,11-14H,2-3,10,15-18H2,1H3/t24-/m0/s1. The van der Waals surface area contributed by atoms with Crippen molar-refractivity contribution >= 4 is 17.3 Å². The molecule has 2 aliphatic rings. The smallest absolute Gasteiger partial charge is 0.244 e. The minimum absolute atomic E-state index is 0.0675. The zero-order chi connectivity index (χ0) is 20.5. The summed E-state index contributed by atoms with van der Waals surface area (Å²) in [6, 6.07) is 19.2. The van der Waals surface area contributed by atoms with Gasteiger partial charge in [-0.05, 0) is 24.0 Å². The van der Waals surface area contributed by atoms with E-state index in [0.717, 1.165) is 28.7 Å². The van der Waals surface area contributed by atoms with Crippen molar-refractivity contribution in [3.05, 3.63) is 77.0 Å². The maximum absolute atomic E-state index is 14.1. The second kappa shape index (κ2) is 7.58. The van der Waals surface area contributed by atoms with Crippen molar-refractivity contribution in [1.29, 1.82) is 0 Å². The van der Waals surface area contributed by atoms with Crippen LogP contribution in [-0.2, 0) is 15.0 Å². The first-order valence-electron chi connectivity index (χ1n) is 10.6. The topological polar surface area (TPSA) is 60.2 Å². The number of nitrogens with zero attached hydrogens (tertiary/aromatic N) is 1. The van der Waals surface area contributed by atoms with Gasteiger partial charge in [0, 0.05) is 19.3 Å². The van der Waals surface area contributed by atoms with Crippen LogP contribution in [0.4, 0.5) is 0 Å². The Morgan fingerprint density at radius 2 is 1.55 bits per heavy atom. The number of rotatable bonds is 5. The van der Waals surface area contributed by atoms with E-state index >= 15 is 0 Å². The minimum Gasteiger partial charge on any atom is -0.623 e. The quantitative estimate of drug-likeness (QED) is 0.555. The van der Waals surface area contributed by atoms with E-state index < -0.39 is 11.0 Å². The van der Waals surface area contributed by atoms with Gasteiger partial charge in [0.15, 0.2) is 5.41 Å². The fourth-order valence-electron chi connectivity index (χ4n) is 5.41. The lowest BCUT2D eigenvalue weighted by Gasteiger charge is -2.44. The Morgan fingerprint density at radius 3 is 2.07 bits per heavy atom. The first kappa shape index (κ1) is 19.6. The SMILES string of the molecule is CCCCC1=[N+]([O-])[C@]2(CCCC(=O)C2)C(c2ccccc2)(c2ccccc2)C1=O. The average molecular weight is 389 g/mol. The fraction of sp³-hybridized carbons (Fsp3) is 0.400. The third kappa shape index (κ3) is 2.77. The lowest BCUT2D eigenvalue weighted by molar-refractivity contribution is -0.553. The van der Waals surface area contributed by atoms with Crippen LogP contribution >= 0.6 is 0 Å². The number of carbonyl (C=O) groups excluding carboxylic acids is 2. The molecule has 0 saturated heterocycles. The molecule has 29 heavy (non-hydrogen) atoms. The van der Waals surface area contributed by atoms with E-state index in [1.54, 1.807) is 0 Å². The van der Waals surface area contributed by atoms with E-state index in [-0.39, 0.29) is 18.0 Å². The van der Waals surface area contributed by atoms with E-state index in [1.165, 1.54) is 0 Å². The Kier molecular flexibility index (Phi) is 5.12. The number of benzene rings is 2. The highest BCUT2D eigenvalue weighted by Crippen LogP contribution is 2.54. The Labute approximate surface area is 171 Å². The predicted octanol–water partition coefficient (Wildman–Crippen LogP) is 4.58. The monoisotopic (exact) mass is 389 g/mol. The molecule has 0 aromatic heterocycles. The van der Waals surface area contributed by atoms with Gasteiger partial charge in [0.05, 0.1) is 6.42 Å². The second-order valence-corrected chi connectivity index (χ2v) is 8.26. The highest BCUT2D eigenvalue weighted by Gasteiger charge is 2.71. The van der Waals surface area contributed by atoms with Gasteiger partial charge in [-0.3, -0.25) is 9.59 Å². The van der Waals surface area contributed by atoms with E-state index in [2.05, 4.69) is 6.92 Å². The van der Waals surface area contributed by atoms with Gasteiger partial charge < -0.3 is 5.21 Å². The molecular formula is C25H27NO3.